The smallest absolute Gasteiger partial charge is 0.410 e. The minimum absolute atomic E-state index is 0.00461. The fraction of sp³-hybridized carbons (Fsp3) is 0.306. The van der Waals surface area contributed by atoms with E-state index in [2.05, 4.69) is 101 Å². The van der Waals surface area contributed by atoms with Gasteiger partial charge in [-0.1, -0.05) is 91.0 Å². The first-order chi connectivity index (χ1) is 22.0. The molecule has 9 heteroatoms. The van der Waals surface area contributed by atoms with Gasteiger partial charge in [0.1, 0.15) is 6.61 Å². The Morgan fingerprint density at radius 2 is 1.38 bits per heavy atom. The van der Waals surface area contributed by atoms with E-state index in [1.807, 2.05) is 16.7 Å². The standard InChI is InChI=1S/C36H38N4O4S/c41-35(44-27-28-16-18-32(19-17-28)40(42)43)39-26-34(24-33(39)25-38-22-20-37-21-23-38)45-36(29-10-4-1-5-11-29,30-12-6-2-7-13-30)31-14-8-3-9-15-31/h1-19,33-34,37H,20-27H2/t33-,34-/m0/s1. The highest BCUT2D eigenvalue weighted by atomic mass is 32.2. The number of nitro benzene ring substituents is 1. The van der Waals surface area contributed by atoms with Crippen LogP contribution in [0.4, 0.5) is 10.5 Å². The van der Waals surface area contributed by atoms with Crippen molar-refractivity contribution in [2.75, 3.05) is 39.3 Å². The lowest BCUT2D eigenvalue weighted by atomic mass is 9.84. The van der Waals surface area contributed by atoms with Gasteiger partial charge in [0.05, 0.1) is 9.67 Å². The van der Waals surface area contributed by atoms with E-state index in [1.54, 1.807) is 12.1 Å². The van der Waals surface area contributed by atoms with Gasteiger partial charge in [-0.25, -0.2) is 4.79 Å². The zero-order valence-electron chi connectivity index (χ0n) is 25.2. The molecule has 4 aromatic carbocycles. The molecule has 0 saturated carbocycles. The number of amides is 1. The van der Waals surface area contributed by atoms with Crippen LogP contribution in [0.25, 0.3) is 0 Å². The second-order valence-electron chi connectivity index (χ2n) is 11.6. The van der Waals surface area contributed by atoms with Crippen LogP contribution < -0.4 is 5.32 Å². The summed E-state index contributed by atoms with van der Waals surface area (Å²) in [5.74, 6) is 0. The number of thioether (sulfide) groups is 1. The summed E-state index contributed by atoms with van der Waals surface area (Å²) in [6.45, 7) is 5.19. The fourth-order valence-corrected chi connectivity index (χ4v) is 8.33. The average molecular weight is 623 g/mol. The lowest BCUT2D eigenvalue weighted by molar-refractivity contribution is -0.384. The molecule has 8 nitrogen and oxygen atoms in total. The van der Waals surface area contributed by atoms with E-state index in [4.69, 9.17) is 4.74 Å². The molecule has 6 rings (SSSR count). The number of carbonyl (C=O) groups excluding carboxylic acids is 1. The summed E-state index contributed by atoms with van der Waals surface area (Å²) in [6, 6.07) is 38.1. The van der Waals surface area contributed by atoms with Crippen molar-refractivity contribution in [1.82, 2.24) is 15.1 Å². The van der Waals surface area contributed by atoms with Crippen LogP contribution in [0.15, 0.2) is 115 Å². The molecule has 0 aliphatic carbocycles. The number of rotatable bonds is 10. The molecule has 0 unspecified atom stereocenters. The Kier molecular flexibility index (Phi) is 9.78. The maximum absolute atomic E-state index is 13.7. The minimum Gasteiger partial charge on any atom is -0.445 e. The van der Waals surface area contributed by atoms with E-state index in [0.717, 1.165) is 39.1 Å². The van der Waals surface area contributed by atoms with Crippen LogP contribution in [0.3, 0.4) is 0 Å². The van der Waals surface area contributed by atoms with Crippen molar-refractivity contribution in [2.24, 2.45) is 0 Å². The molecule has 0 spiro atoms. The molecule has 2 fully saturated rings. The maximum Gasteiger partial charge on any atom is 0.410 e. The molecule has 1 amide bonds. The summed E-state index contributed by atoms with van der Waals surface area (Å²) in [4.78, 5) is 28.7. The van der Waals surface area contributed by atoms with Crippen LogP contribution in [0, 0.1) is 10.1 Å². The first kappa shape index (κ1) is 30.8. The molecular weight excluding hydrogens is 584 g/mol. The van der Waals surface area contributed by atoms with Crippen LogP contribution in [0.2, 0.25) is 0 Å². The summed E-state index contributed by atoms with van der Waals surface area (Å²) in [6.07, 6.45) is 0.497. The molecule has 232 valence electrons. The van der Waals surface area contributed by atoms with E-state index in [-0.39, 0.29) is 29.7 Å². The van der Waals surface area contributed by atoms with Crippen molar-refractivity contribution in [3.63, 3.8) is 0 Å². The van der Waals surface area contributed by atoms with Crippen molar-refractivity contribution in [3.8, 4) is 0 Å². The Bertz CT molecular complexity index is 1450. The van der Waals surface area contributed by atoms with Crippen LogP contribution in [-0.4, -0.2) is 71.4 Å². The van der Waals surface area contributed by atoms with Crippen molar-refractivity contribution < 1.29 is 14.5 Å². The number of carbonyl (C=O) groups is 1. The van der Waals surface area contributed by atoms with Crippen LogP contribution >= 0.6 is 11.8 Å². The van der Waals surface area contributed by atoms with E-state index in [0.29, 0.717) is 12.1 Å². The summed E-state index contributed by atoms with van der Waals surface area (Å²) in [5.41, 5.74) is 4.33. The number of nitro groups is 1. The lowest BCUT2D eigenvalue weighted by Gasteiger charge is -2.37. The predicted molar refractivity (Wildman–Crippen MR) is 178 cm³/mol. The van der Waals surface area contributed by atoms with Crippen molar-refractivity contribution in [2.45, 2.75) is 29.1 Å². The van der Waals surface area contributed by atoms with E-state index in [1.165, 1.54) is 28.8 Å². The van der Waals surface area contributed by atoms with Gasteiger partial charge in [-0.05, 0) is 40.8 Å². The van der Waals surface area contributed by atoms with Gasteiger partial charge in [-0.3, -0.25) is 15.0 Å². The van der Waals surface area contributed by atoms with Gasteiger partial charge in [0, 0.05) is 62.7 Å². The number of nitrogens with zero attached hydrogens (tertiary/aromatic N) is 3. The third kappa shape index (κ3) is 7.06. The zero-order chi connectivity index (χ0) is 31.1. The highest BCUT2D eigenvalue weighted by molar-refractivity contribution is 8.01. The monoisotopic (exact) mass is 622 g/mol. The minimum atomic E-state index is -0.479. The number of likely N-dealkylation sites (tertiary alicyclic amines) is 1. The molecule has 0 radical (unpaired) electrons. The van der Waals surface area contributed by atoms with Crippen LogP contribution in [-0.2, 0) is 16.1 Å². The number of hydrogen-bond donors (Lipinski definition) is 1. The molecular formula is C36H38N4O4S. The maximum atomic E-state index is 13.7. The Hall–Kier alpha value is -4.18. The molecule has 0 aromatic heterocycles. The van der Waals surface area contributed by atoms with Crippen LogP contribution in [0.5, 0.6) is 0 Å². The first-order valence-electron chi connectivity index (χ1n) is 15.5. The highest BCUT2D eigenvalue weighted by Crippen LogP contribution is 2.52. The lowest BCUT2D eigenvalue weighted by Crippen LogP contribution is -2.49. The van der Waals surface area contributed by atoms with Gasteiger partial charge < -0.3 is 15.0 Å². The summed E-state index contributed by atoms with van der Waals surface area (Å²) in [7, 11) is 0. The molecule has 4 aromatic rings. The zero-order valence-corrected chi connectivity index (χ0v) is 26.0. The fourth-order valence-electron chi connectivity index (χ4n) is 6.46. The molecule has 2 heterocycles. The molecule has 2 aliphatic rings. The van der Waals surface area contributed by atoms with Crippen molar-refractivity contribution >= 4 is 23.5 Å². The Balaban J connectivity index is 1.29. The summed E-state index contributed by atoms with van der Waals surface area (Å²) >= 11 is 1.92. The van der Waals surface area contributed by atoms with Crippen LogP contribution in [0.1, 0.15) is 28.7 Å². The number of piperazine rings is 1. The average Bonchev–Trinajstić information content (AvgIpc) is 3.49. The highest BCUT2D eigenvalue weighted by Gasteiger charge is 2.45. The second kappa shape index (κ2) is 14.3. The third-order valence-corrected chi connectivity index (χ3v) is 10.4. The van der Waals surface area contributed by atoms with Gasteiger partial charge in [0.25, 0.3) is 5.69 Å². The van der Waals surface area contributed by atoms with Gasteiger partial charge in [0.2, 0.25) is 0 Å². The van der Waals surface area contributed by atoms with E-state index in [9.17, 15) is 14.9 Å². The predicted octanol–water partition coefficient (Wildman–Crippen LogP) is 6.30. The van der Waals surface area contributed by atoms with Crippen molar-refractivity contribution in [3.05, 3.63) is 148 Å². The Labute approximate surface area is 268 Å². The normalized spacial score (nSPS) is 18.9. The molecule has 0 bridgehead atoms. The molecule has 2 saturated heterocycles. The Morgan fingerprint density at radius 1 is 0.844 bits per heavy atom. The molecule has 2 atom stereocenters. The molecule has 45 heavy (non-hydrogen) atoms. The second-order valence-corrected chi connectivity index (χ2v) is 13.1. The quantitative estimate of drug-likeness (QED) is 0.126. The number of nitrogens with one attached hydrogen (secondary N) is 1. The van der Waals surface area contributed by atoms with Gasteiger partial charge in [-0.2, -0.15) is 0 Å². The summed E-state index contributed by atoms with van der Waals surface area (Å²) < 4.78 is 5.36. The Morgan fingerprint density at radius 3 is 1.89 bits per heavy atom. The number of ether oxygens (including phenoxy) is 1. The molecule has 2 aliphatic heterocycles. The SMILES string of the molecule is O=C(OCc1ccc([N+](=O)[O-])cc1)N1C[C@@H](SC(c2ccccc2)(c2ccccc2)c2ccccc2)C[C@H]1CN1CCNCC1. The largest absolute Gasteiger partial charge is 0.445 e. The van der Waals surface area contributed by atoms with Gasteiger partial charge in [-0.15, -0.1) is 11.8 Å². The third-order valence-electron chi connectivity index (χ3n) is 8.68. The molecule has 1 N–H and O–H groups in total. The van der Waals surface area contributed by atoms with Gasteiger partial charge >= 0.3 is 6.09 Å². The van der Waals surface area contributed by atoms with Gasteiger partial charge in [0.15, 0.2) is 0 Å². The summed E-state index contributed by atoms with van der Waals surface area (Å²) in [5, 5.41) is 14.6. The number of benzene rings is 4. The topological polar surface area (TPSA) is 87.9 Å². The van der Waals surface area contributed by atoms with E-state index >= 15 is 0 Å². The number of non-ortho nitro benzene ring substituents is 1. The number of hydrogen-bond acceptors (Lipinski definition) is 7. The van der Waals surface area contributed by atoms with Crippen molar-refractivity contribution in [1.29, 1.82) is 0 Å². The van der Waals surface area contributed by atoms with E-state index < -0.39 is 9.67 Å². The first-order valence-corrected chi connectivity index (χ1v) is 16.3.